The van der Waals surface area contributed by atoms with Crippen molar-refractivity contribution in [1.82, 2.24) is 0 Å². The van der Waals surface area contributed by atoms with E-state index < -0.39 is 0 Å². The smallest absolute Gasteiger partial charge is 0.0654 e. The maximum absolute atomic E-state index is 6.17. The molecule has 0 bridgehead atoms. The van der Waals surface area contributed by atoms with Gasteiger partial charge in [-0.15, -0.1) is 0 Å². The van der Waals surface area contributed by atoms with Gasteiger partial charge in [-0.2, -0.15) is 0 Å². The molecule has 14 heavy (non-hydrogen) atoms. The van der Waals surface area contributed by atoms with Crippen LogP contribution in [0.2, 0.25) is 5.02 Å². The Morgan fingerprint density at radius 2 is 2.21 bits per heavy atom. The fourth-order valence-electron chi connectivity index (χ4n) is 1.56. The second-order valence-electron chi connectivity index (χ2n) is 3.32. The van der Waals surface area contributed by atoms with Crippen LogP contribution in [-0.4, -0.2) is 6.54 Å². The predicted octanol–water partition coefficient (Wildman–Crippen LogP) is 4.16. The van der Waals surface area contributed by atoms with E-state index in [1.165, 1.54) is 9.13 Å². The zero-order chi connectivity index (χ0) is 9.97. The first-order valence-corrected chi connectivity index (χ1v) is 6.12. The third-order valence-electron chi connectivity index (χ3n) is 2.23. The number of allylic oxidation sites excluding steroid dienone is 1. The van der Waals surface area contributed by atoms with Crippen molar-refractivity contribution in [1.29, 1.82) is 0 Å². The molecule has 0 aromatic heterocycles. The zero-order valence-electron chi connectivity index (χ0n) is 7.69. The van der Waals surface area contributed by atoms with E-state index in [0.717, 1.165) is 30.1 Å². The second-order valence-corrected chi connectivity index (χ2v) is 4.98. The van der Waals surface area contributed by atoms with Gasteiger partial charge >= 0.3 is 0 Å². The normalized spacial score (nSPS) is 17.6. The summed E-state index contributed by atoms with van der Waals surface area (Å²) in [6.07, 6.45) is 6.66. The average molecular weight is 320 g/mol. The van der Waals surface area contributed by atoms with Gasteiger partial charge in [-0.25, -0.2) is 0 Å². The molecule has 0 amide bonds. The standard InChI is InChI=1S/C11H11ClIN/c12-10-7-9(13)6-8-4-2-1-3-5-14-11(8)10/h2,4,6-7,14H,1,3,5H2/b4-2+. The fraction of sp³-hybridized carbons (Fsp3) is 0.273. The minimum absolute atomic E-state index is 0.818. The van der Waals surface area contributed by atoms with Crippen molar-refractivity contribution >= 4 is 46.0 Å². The van der Waals surface area contributed by atoms with E-state index in [1.54, 1.807) is 0 Å². The predicted molar refractivity (Wildman–Crippen MR) is 70.9 cm³/mol. The van der Waals surface area contributed by atoms with Crippen molar-refractivity contribution in [2.24, 2.45) is 0 Å². The Bertz CT molecular complexity index is 374. The van der Waals surface area contributed by atoms with Gasteiger partial charge in [-0.3, -0.25) is 0 Å². The number of anilines is 1. The molecule has 0 radical (unpaired) electrons. The number of hydrogen-bond donors (Lipinski definition) is 1. The molecule has 0 fully saturated rings. The van der Waals surface area contributed by atoms with Gasteiger partial charge in [0.1, 0.15) is 0 Å². The summed E-state index contributed by atoms with van der Waals surface area (Å²) in [7, 11) is 0. The molecule has 2 rings (SSSR count). The molecule has 0 saturated heterocycles. The van der Waals surface area contributed by atoms with Crippen molar-refractivity contribution in [3.8, 4) is 0 Å². The molecule has 1 aromatic rings. The first-order chi connectivity index (χ1) is 6.77. The van der Waals surface area contributed by atoms with E-state index in [0.29, 0.717) is 0 Å². The molecule has 1 N–H and O–H groups in total. The van der Waals surface area contributed by atoms with Crippen molar-refractivity contribution in [3.63, 3.8) is 0 Å². The molecule has 1 aromatic carbocycles. The van der Waals surface area contributed by atoms with Gasteiger partial charge < -0.3 is 5.32 Å². The highest BCUT2D eigenvalue weighted by atomic mass is 127. The van der Waals surface area contributed by atoms with E-state index in [-0.39, 0.29) is 0 Å². The van der Waals surface area contributed by atoms with Crippen molar-refractivity contribution in [2.75, 3.05) is 11.9 Å². The lowest BCUT2D eigenvalue weighted by Gasteiger charge is -2.14. The van der Waals surface area contributed by atoms with Crippen LogP contribution in [0.1, 0.15) is 18.4 Å². The Labute approximate surface area is 103 Å². The highest BCUT2D eigenvalue weighted by molar-refractivity contribution is 14.1. The molecule has 1 heterocycles. The molecule has 3 heteroatoms. The molecule has 0 unspecified atom stereocenters. The lowest BCUT2D eigenvalue weighted by atomic mass is 10.1. The molecule has 0 atom stereocenters. The quantitative estimate of drug-likeness (QED) is 0.708. The molecular formula is C11H11ClIN. The number of hydrogen-bond acceptors (Lipinski definition) is 1. The Morgan fingerprint density at radius 1 is 1.36 bits per heavy atom. The molecule has 1 aliphatic rings. The molecule has 0 aliphatic carbocycles. The van der Waals surface area contributed by atoms with E-state index in [1.807, 2.05) is 6.07 Å². The number of nitrogens with one attached hydrogen (secondary N) is 1. The van der Waals surface area contributed by atoms with Gasteiger partial charge in [0.25, 0.3) is 0 Å². The third-order valence-corrected chi connectivity index (χ3v) is 3.15. The monoisotopic (exact) mass is 319 g/mol. The first kappa shape index (κ1) is 10.3. The van der Waals surface area contributed by atoms with Crippen LogP contribution >= 0.6 is 34.2 Å². The maximum atomic E-state index is 6.17. The van der Waals surface area contributed by atoms with Crippen molar-refractivity contribution in [3.05, 3.63) is 32.4 Å². The van der Waals surface area contributed by atoms with Gasteiger partial charge in [0.05, 0.1) is 10.7 Å². The zero-order valence-corrected chi connectivity index (χ0v) is 10.6. The van der Waals surface area contributed by atoms with Crippen LogP contribution in [-0.2, 0) is 0 Å². The summed E-state index contributed by atoms with van der Waals surface area (Å²) in [5.74, 6) is 0. The fourth-order valence-corrected chi connectivity index (χ4v) is 2.68. The van der Waals surface area contributed by atoms with Crippen LogP contribution in [0.25, 0.3) is 6.08 Å². The minimum Gasteiger partial charge on any atom is -0.383 e. The lowest BCUT2D eigenvalue weighted by Crippen LogP contribution is -2.05. The van der Waals surface area contributed by atoms with Gasteiger partial charge in [-0.05, 0) is 53.1 Å². The summed E-state index contributed by atoms with van der Waals surface area (Å²) in [5, 5.41) is 4.19. The maximum Gasteiger partial charge on any atom is 0.0654 e. The lowest BCUT2D eigenvalue weighted by molar-refractivity contribution is 0.887. The number of fused-ring (bicyclic) bond motifs is 1. The Balaban J connectivity index is 2.50. The van der Waals surface area contributed by atoms with Gasteiger partial charge in [-0.1, -0.05) is 23.8 Å². The Morgan fingerprint density at radius 3 is 3.07 bits per heavy atom. The average Bonchev–Trinajstić information content (AvgIpc) is 2.07. The summed E-state index contributed by atoms with van der Waals surface area (Å²) in [4.78, 5) is 0. The number of rotatable bonds is 0. The highest BCUT2D eigenvalue weighted by Gasteiger charge is 2.07. The molecule has 74 valence electrons. The van der Waals surface area contributed by atoms with Crippen LogP contribution in [0.5, 0.6) is 0 Å². The number of benzene rings is 1. The Kier molecular flexibility index (Phi) is 3.34. The topological polar surface area (TPSA) is 12.0 Å². The van der Waals surface area contributed by atoms with Crippen LogP contribution in [0.4, 0.5) is 5.69 Å². The van der Waals surface area contributed by atoms with Gasteiger partial charge in [0, 0.05) is 10.1 Å². The summed E-state index contributed by atoms with van der Waals surface area (Å²) in [6.45, 7) is 0.998. The molecule has 0 saturated carbocycles. The summed E-state index contributed by atoms with van der Waals surface area (Å²) in [5.41, 5.74) is 2.27. The minimum atomic E-state index is 0.818. The highest BCUT2D eigenvalue weighted by Crippen LogP contribution is 2.30. The van der Waals surface area contributed by atoms with E-state index in [9.17, 15) is 0 Å². The van der Waals surface area contributed by atoms with Crippen LogP contribution in [0.15, 0.2) is 18.2 Å². The first-order valence-electron chi connectivity index (χ1n) is 4.67. The summed E-state index contributed by atoms with van der Waals surface area (Å²) < 4.78 is 1.18. The molecular weight excluding hydrogens is 308 g/mol. The van der Waals surface area contributed by atoms with E-state index in [4.69, 9.17) is 11.6 Å². The van der Waals surface area contributed by atoms with Crippen LogP contribution in [0.3, 0.4) is 0 Å². The second kappa shape index (κ2) is 4.53. The largest absolute Gasteiger partial charge is 0.383 e. The summed E-state index contributed by atoms with van der Waals surface area (Å²) >= 11 is 8.46. The molecule has 1 aliphatic heterocycles. The third kappa shape index (κ3) is 2.23. The molecule has 1 nitrogen and oxygen atoms in total. The van der Waals surface area contributed by atoms with Gasteiger partial charge in [0.2, 0.25) is 0 Å². The molecule has 0 spiro atoms. The van der Waals surface area contributed by atoms with Crippen LogP contribution < -0.4 is 5.32 Å². The van der Waals surface area contributed by atoms with Gasteiger partial charge in [0.15, 0.2) is 0 Å². The Hall–Kier alpha value is -0.220. The van der Waals surface area contributed by atoms with Crippen molar-refractivity contribution < 1.29 is 0 Å². The summed E-state index contributed by atoms with van der Waals surface area (Å²) in [6, 6.07) is 4.14. The SMILES string of the molecule is Clc1cc(I)cc2c1NCCC/C=C/2. The van der Waals surface area contributed by atoms with E-state index in [2.05, 4.69) is 46.1 Å². The van der Waals surface area contributed by atoms with Crippen molar-refractivity contribution in [2.45, 2.75) is 12.8 Å². The number of halogens is 2. The van der Waals surface area contributed by atoms with Crippen LogP contribution in [0, 0.1) is 3.57 Å². The van der Waals surface area contributed by atoms with E-state index >= 15 is 0 Å².